The molecular weight excluding hydrogens is 513 g/mol. The lowest BCUT2D eigenvalue weighted by molar-refractivity contribution is 0.0201. The molecule has 0 spiro atoms. The number of hydrogen-bond acceptors (Lipinski definition) is 7. The van der Waals surface area contributed by atoms with Crippen molar-refractivity contribution in [2.75, 3.05) is 31.1 Å². The number of anilines is 1. The number of hydrogen-bond donors (Lipinski definition) is 0. The number of fused-ring (bicyclic) bond motifs is 2. The van der Waals surface area contributed by atoms with Crippen LogP contribution in [-0.4, -0.2) is 63.4 Å². The van der Waals surface area contributed by atoms with E-state index < -0.39 is 23.2 Å². The van der Waals surface area contributed by atoms with Gasteiger partial charge in [0, 0.05) is 25.8 Å². The lowest BCUT2D eigenvalue weighted by Crippen LogP contribution is -2.57. The minimum atomic E-state index is -0.719. The predicted molar refractivity (Wildman–Crippen MR) is 143 cm³/mol. The van der Waals surface area contributed by atoms with Crippen molar-refractivity contribution >= 4 is 34.4 Å². The van der Waals surface area contributed by atoms with Crippen LogP contribution in [0, 0.1) is 12.7 Å². The van der Waals surface area contributed by atoms with Gasteiger partial charge in [0.05, 0.1) is 33.3 Å². The Kier molecular flexibility index (Phi) is 6.49. The third kappa shape index (κ3) is 4.44. The number of carbonyl (C=O) groups is 1. The Bertz CT molecular complexity index is 1500. The molecular formula is C27H31ClFN5O4. The van der Waals surface area contributed by atoms with Crippen molar-refractivity contribution in [3.05, 3.63) is 50.9 Å². The van der Waals surface area contributed by atoms with E-state index in [4.69, 9.17) is 21.1 Å². The summed E-state index contributed by atoms with van der Waals surface area (Å²) in [5, 5.41) is 0.193. The summed E-state index contributed by atoms with van der Waals surface area (Å²) < 4.78 is 28.4. The number of benzene rings is 1. The molecule has 5 rings (SSSR count). The van der Waals surface area contributed by atoms with Crippen molar-refractivity contribution in [1.29, 1.82) is 0 Å². The number of amides is 1. The van der Waals surface area contributed by atoms with E-state index in [0.29, 0.717) is 41.2 Å². The molecule has 4 heterocycles. The van der Waals surface area contributed by atoms with E-state index in [0.717, 1.165) is 5.56 Å². The van der Waals surface area contributed by atoms with Crippen LogP contribution < -0.4 is 15.3 Å². The smallest absolute Gasteiger partial charge is 0.410 e. The topological polar surface area (TPSA) is 89.8 Å². The van der Waals surface area contributed by atoms with E-state index in [1.165, 1.54) is 10.6 Å². The van der Waals surface area contributed by atoms with Gasteiger partial charge >= 0.3 is 11.8 Å². The zero-order valence-corrected chi connectivity index (χ0v) is 23.1. The summed E-state index contributed by atoms with van der Waals surface area (Å²) in [5.74, 6) is -0.456. The monoisotopic (exact) mass is 543 g/mol. The number of pyridine rings is 1. The van der Waals surface area contributed by atoms with Crippen molar-refractivity contribution in [3.63, 3.8) is 0 Å². The van der Waals surface area contributed by atoms with Crippen LogP contribution in [0.5, 0.6) is 5.75 Å². The molecule has 0 unspecified atom stereocenters. The minimum Gasteiger partial charge on any atom is -0.487 e. The first-order chi connectivity index (χ1) is 17.9. The minimum absolute atomic E-state index is 0.0131. The first-order valence-corrected chi connectivity index (χ1v) is 13.0. The maximum absolute atomic E-state index is 15.4. The number of ether oxygens (including phenoxy) is 2. The molecule has 1 amide bonds. The van der Waals surface area contributed by atoms with Crippen LogP contribution in [-0.2, 0) is 4.74 Å². The number of nitrogens with zero attached hydrogens (tertiary/aromatic N) is 5. The molecule has 0 bridgehead atoms. The third-order valence-corrected chi connectivity index (χ3v) is 7.04. The summed E-state index contributed by atoms with van der Waals surface area (Å²) in [7, 11) is 0. The average Bonchev–Trinajstić information content (AvgIpc) is 2.99. The highest BCUT2D eigenvalue weighted by molar-refractivity contribution is 6.32. The fourth-order valence-electron chi connectivity index (χ4n) is 5.08. The van der Waals surface area contributed by atoms with Gasteiger partial charge < -0.3 is 19.3 Å². The third-order valence-electron chi connectivity index (χ3n) is 6.76. The molecule has 2 aliphatic heterocycles. The van der Waals surface area contributed by atoms with Crippen LogP contribution >= 0.6 is 11.6 Å². The van der Waals surface area contributed by atoms with Gasteiger partial charge in [-0.15, -0.1) is 0 Å². The van der Waals surface area contributed by atoms with Gasteiger partial charge in [0.25, 0.3) is 0 Å². The van der Waals surface area contributed by atoms with Gasteiger partial charge in [0.1, 0.15) is 18.0 Å². The zero-order chi connectivity index (χ0) is 27.5. The molecule has 3 aromatic rings. The number of carbonyl (C=O) groups excluding carboxylic acids is 1. The van der Waals surface area contributed by atoms with Crippen LogP contribution in [0.15, 0.2) is 23.1 Å². The molecule has 1 atom stereocenters. The number of aromatic nitrogens is 3. The summed E-state index contributed by atoms with van der Waals surface area (Å²) in [4.78, 5) is 39.0. The van der Waals surface area contributed by atoms with Gasteiger partial charge in [0.15, 0.2) is 11.6 Å². The molecule has 0 saturated carbocycles. The number of piperazine rings is 1. The fourth-order valence-corrected chi connectivity index (χ4v) is 5.26. The van der Waals surface area contributed by atoms with Gasteiger partial charge in [-0.1, -0.05) is 25.4 Å². The second kappa shape index (κ2) is 9.41. The Morgan fingerprint density at radius 2 is 2.03 bits per heavy atom. The van der Waals surface area contributed by atoms with Gasteiger partial charge in [0.2, 0.25) is 0 Å². The van der Waals surface area contributed by atoms with Crippen LogP contribution in [0.1, 0.15) is 51.8 Å². The Morgan fingerprint density at radius 1 is 1.29 bits per heavy atom. The Morgan fingerprint density at radius 3 is 2.71 bits per heavy atom. The van der Waals surface area contributed by atoms with E-state index in [2.05, 4.69) is 9.97 Å². The van der Waals surface area contributed by atoms with Gasteiger partial charge in [-0.3, -0.25) is 9.55 Å². The van der Waals surface area contributed by atoms with Crippen molar-refractivity contribution in [2.45, 2.75) is 59.1 Å². The quantitative estimate of drug-likeness (QED) is 0.457. The molecule has 9 nitrogen and oxygen atoms in total. The second-order valence-electron chi connectivity index (χ2n) is 11.0. The van der Waals surface area contributed by atoms with Crippen LogP contribution in [0.3, 0.4) is 0 Å². The highest BCUT2D eigenvalue weighted by atomic mass is 35.5. The van der Waals surface area contributed by atoms with Crippen molar-refractivity contribution in [2.24, 2.45) is 0 Å². The maximum Gasteiger partial charge on any atom is 0.410 e. The highest BCUT2D eigenvalue weighted by Gasteiger charge is 2.38. The van der Waals surface area contributed by atoms with Crippen LogP contribution in [0.2, 0.25) is 5.02 Å². The van der Waals surface area contributed by atoms with Crippen LogP contribution in [0.4, 0.5) is 15.0 Å². The zero-order valence-electron chi connectivity index (χ0n) is 22.3. The molecule has 2 aliphatic rings. The van der Waals surface area contributed by atoms with Gasteiger partial charge in [-0.05, 0) is 51.3 Å². The lowest BCUT2D eigenvalue weighted by Gasteiger charge is -2.41. The maximum atomic E-state index is 15.4. The summed E-state index contributed by atoms with van der Waals surface area (Å²) in [6.07, 6.45) is 1.27. The fraction of sp³-hybridized carbons (Fsp3) is 0.481. The Labute approximate surface area is 225 Å². The summed E-state index contributed by atoms with van der Waals surface area (Å²) in [6.45, 7) is 12.4. The highest BCUT2D eigenvalue weighted by Crippen LogP contribution is 2.42. The van der Waals surface area contributed by atoms with Gasteiger partial charge in [-0.25, -0.2) is 14.0 Å². The van der Waals surface area contributed by atoms with E-state index >= 15 is 4.39 Å². The molecule has 38 heavy (non-hydrogen) atoms. The standard InChI is InChI=1S/C27H31ClFN5O4/c1-14(2)21-22(15(3)7-8-30-21)34-18-11-17(28)20(29)23-19(18)24(31-25(34)35)33-10-9-32(12-16(33)13-37-23)26(36)38-27(4,5)6/h7-8,11,14,16H,9-10,12-13H2,1-6H3/t16-/m1/s1. The summed E-state index contributed by atoms with van der Waals surface area (Å²) in [6, 6.07) is 2.89. The lowest BCUT2D eigenvalue weighted by atomic mass is 10.0. The molecule has 0 aliphatic carbocycles. The SMILES string of the molecule is Cc1ccnc(C(C)C)c1-n1c(=O)nc2c3c(c(F)c(Cl)cc31)OC[C@H]1CN(C(=O)OC(C)(C)C)CCN21. The number of rotatable bonds is 2. The van der Waals surface area contributed by atoms with E-state index in [9.17, 15) is 9.59 Å². The number of aryl methyl sites for hydroxylation is 1. The predicted octanol–water partition coefficient (Wildman–Crippen LogP) is 4.82. The van der Waals surface area contributed by atoms with Crippen molar-refractivity contribution in [3.8, 4) is 11.4 Å². The first-order valence-electron chi connectivity index (χ1n) is 12.7. The molecule has 202 valence electrons. The molecule has 2 aromatic heterocycles. The van der Waals surface area contributed by atoms with Gasteiger partial charge in [-0.2, -0.15) is 4.98 Å². The molecule has 1 saturated heterocycles. The van der Waals surface area contributed by atoms with E-state index in [1.54, 1.807) is 11.1 Å². The summed E-state index contributed by atoms with van der Waals surface area (Å²) in [5.41, 5.74) is 1.34. The molecule has 1 fully saturated rings. The summed E-state index contributed by atoms with van der Waals surface area (Å²) >= 11 is 6.34. The molecule has 0 radical (unpaired) electrons. The molecule has 1 aromatic carbocycles. The first kappa shape index (κ1) is 26.2. The van der Waals surface area contributed by atoms with E-state index in [-0.39, 0.29) is 35.9 Å². The second-order valence-corrected chi connectivity index (χ2v) is 11.5. The van der Waals surface area contributed by atoms with Crippen molar-refractivity contribution in [1.82, 2.24) is 19.4 Å². The van der Waals surface area contributed by atoms with Crippen molar-refractivity contribution < 1.29 is 18.7 Å². The Hall–Kier alpha value is -3.40. The largest absolute Gasteiger partial charge is 0.487 e. The van der Waals surface area contributed by atoms with E-state index in [1.807, 2.05) is 52.5 Å². The Balaban J connectivity index is 1.69. The molecule has 0 N–H and O–H groups in total. The molecule has 11 heteroatoms. The van der Waals surface area contributed by atoms with Crippen LogP contribution in [0.25, 0.3) is 16.6 Å². The number of halogens is 2. The average molecular weight is 544 g/mol. The normalized spacial score (nSPS) is 17.3.